The smallest absolute Gasteiger partial charge is 0.147 e. The molecular formula is C88H98Hf2N4O4-6. The van der Waals surface area contributed by atoms with E-state index in [4.69, 9.17) is 19.8 Å². The Kier molecular flexibility index (Phi) is 31.5. The van der Waals surface area contributed by atoms with Crippen molar-refractivity contribution in [3.05, 3.63) is 304 Å². The van der Waals surface area contributed by atoms with Crippen molar-refractivity contribution in [1.82, 2.24) is 9.13 Å². The Morgan fingerprint density at radius 3 is 1.27 bits per heavy atom. The molecule has 1 aliphatic carbocycles. The molecule has 0 saturated heterocycles. The molecule has 12 aromatic rings. The van der Waals surface area contributed by atoms with Crippen molar-refractivity contribution in [2.24, 2.45) is 4.99 Å². The van der Waals surface area contributed by atoms with Gasteiger partial charge in [-0.25, -0.2) is 0 Å². The number of phenolic OH excluding ortho intramolecular Hbond substituents is 2. The molecule has 0 radical (unpaired) electrons. The Bertz CT molecular complexity index is 4220. The number of aromatic nitrogens is 2. The van der Waals surface area contributed by atoms with Crippen LogP contribution in [0.25, 0.3) is 82.6 Å². The fraction of sp³-hybridized carbons (Fsp3) is 0.227. The van der Waals surface area contributed by atoms with Gasteiger partial charge in [0.25, 0.3) is 0 Å². The minimum absolute atomic E-state index is 0. The Labute approximate surface area is 623 Å². The van der Waals surface area contributed by atoms with E-state index in [9.17, 15) is 10.2 Å². The first-order chi connectivity index (χ1) is 45.2. The second-order valence-electron chi connectivity index (χ2n) is 24.7. The fourth-order valence-corrected chi connectivity index (χ4v) is 12.4. The maximum absolute atomic E-state index is 12.5. The van der Waals surface area contributed by atoms with Crippen LogP contribution in [0.3, 0.4) is 0 Å². The van der Waals surface area contributed by atoms with Gasteiger partial charge in [-0.3, -0.25) is 4.99 Å². The van der Waals surface area contributed by atoms with Gasteiger partial charge in [-0.15, -0.1) is 35.6 Å². The van der Waals surface area contributed by atoms with E-state index in [1.807, 2.05) is 147 Å². The standard InChI is InChI=1S/C49H42N2O4.C22H33N2.2C7H7.3CH3.2Hf/c1-5-54-22-23-55-49-39(37-24-31(3)28-45(47(37)52)50-41-18-10-6-14-33(41)34-15-7-11-19-42(34)50)26-30(2)27-40(49)38-25-32(4)29-46(48(38)53)51-43-20-12-8-16-35(43)36-17-9-13-21-44(36)51;1-6-7-15-23-20-13-8-9-14-21(20)24-22-18(16(2)3)11-10-12-19(22)17(4)5;2*1-7-5-3-2-4-6-7;;;;;/h6-21,24-29,52-53H,5,22-23H2,1-4H3;10-12,14,16-17H,6-9,13,15H2,1-5H3;2*2-6H,1H2;3*1H3;;/q;6*-1;;. The topological polar surface area (TPSA) is 95.2 Å². The molecule has 98 heavy (non-hydrogen) atoms. The molecule has 2 N–H and O–H groups in total. The molecule has 13 rings (SSSR count). The summed E-state index contributed by atoms with van der Waals surface area (Å²) in [5.41, 5.74) is 19.4. The molecule has 0 amide bonds. The molecular weight excluding hydrogens is 1530 g/mol. The van der Waals surface area contributed by atoms with Crippen molar-refractivity contribution in [3.8, 4) is 50.9 Å². The number of ether oxygens (including phenoxy) is 2. The molecule has 2 heterocycles. The minimum Gasteiger partial charge on any atom is -0.656 e. The summed E-state index contributed by atoms with van der Waals surface area (Å²) in [4.78, 5) is 4.85. The van der Waals surface area contributed by atoms with Crippen LogP contribution in [0.5, 0.6) is 17.2 Å². The van der Waals surface area contributed by atoms with Gasteiger partial charge in [0.05, 0.1) is 40.0 Å². The van der Waals surface area contributed by atoms with E-state index in [0.717, 1.165) is 114 Å². The molecule has 10 aromatic carbocycles. The van der Waals surface area contributed by atoms with Crippen molar-refractivity contribution in [3.63, 3.8) is 0 Å². The summed E-state index contributed by atoms with van der Waals surface area (Å²) in [6, 6.07) is 71.8. The zero-order valence-electron chi connectivity index (χ0n) is 59.7. The van der Waals surface area contributed by atoms with Crippen LogP contribution in [0, 0.1) is 56.9 Å². The van der Waals surface area contributed by atoms with Gasteiger partial charge in [0.15, 0.2) is 0 Å². The normalized spacial score (nSPS) is 11.9. The van der Waals surface area contributed by atoms with E-state index >= 15 is 0 Å². The van der Waals surface area contributed by atoms with Crippen molar-refractivity contribution in [1.29, 1.82) is 0 Å². The first-order valence-corrected chi connectivity index (χ1v) is 33.0. The third-order valence-electron chi connectivity index (χ3n) is 16.9. The zero-order chi connectivity index (χ0) is 65.5. The van der Waals surface area contributed by atoms with Crippen molar-refractivity contribution >= 4 is 55.0 Å². The Hall–Kier alpha value is -8.15. The maximum Gasteiger partial charge on any atom is 0.147 e. The van der Waals surface area contributed by atoms with Gasteiger partial charge in [0.2, 0.25) is 0 Å². The first-order valence-electron chi connectivity index (χ1n) is 33.0. The molecule has 0 aliphatic heterocycles. The van der Waals surface area contributed by atoms with Crippen LogP contribution in [0.2, 0.25) is 0 Å². The quantitative estimate of drug-likeness (QED) is 0.0572. The summed E-state index contributed by atoms with van der Waals surface area (Å²) in [5, 5.41) is 34.5. The van der Waals surface area contributed by atoms with Crippen LogP contribution >= 0.6 is 0 Å². The van der Waals surface area contributed by atoms with E-state index in [2.05, 4.69) is 156 Å². The summed E-state index contributed by atoms with van der Waals surface area (Å²) in [5.74, 6) is 1.80. The summed E-state index contributed by atoms with van der Waals surface area (Å²) in [6.07, 6.45) is 8.03. The summed E-state index contributed by atoms with van der Waals surface area (Å²) in [7, 11) is 0. The first kappa shape index (κ1) is 80.5. The van der Waals surface area contributed by atoms with Crippen molar-refractivity contribution < 1.29 is 71.4 Å². The molecule has 8 nitrogen and oxygen atoms in total. The third kappa shape index (κ3) is 18.8. The average molecular weight is 1630 g/mol. The molecule has 0 unspecified atom stereocenters. The number of aromatic hydroxyl groups is 2. The van der Waals surface area contributed by atoms with Crippen LogP contribution in [-0.4, -0.2) is 51.4 Å². The molecule has 0 fully saturated rings. The molecule has 0 bridgehead atoms. The number of fused-ring (bicyclic) bond motifs is 6. The second kappa shape index (κ2) is 38.3. The van der Waals surface area contributed by atoms with Crippen LogP contribution in [0.1, 0.15) is 124 Å². The van der Waals surface area contributed by atoms with Gasteiger partial charge in [-0.1, -0.05) is 161 Å². The van der Waals surface area contributed by atoms with Gasteiger partial charge in [-0.2, -0.15) is 49.2 Å². The SMILES string of the molecule is CCCCN=C1CCCC=C1[N-]c1c(C(C)C)cccc1C(C)C.CCOCCOc1c(-c2cc(C)cc(-n3c4ccccc4c4ccccc43)c2O)cc(C)cc1-c1cc(C)cc(-n2c3ccccc3c3ccccc32)c1O.[CH2-]c1ccccc1.[CH2-]c1ccccc1.[CH3-].[CH3-].[CH3-].[Hf].[Hf]. The third-order valence-corrected chi connectivity index (χ3v) is 16.9. The number of aliphatic imine (C=N–C) groups is 1. The number of allylic oxidation sites excluding steroid dienone is 2. The van der Waals surface area contributed by atoms with Crippen molar-refractivity contribution in [2.75, 3.05) is 26.4 Å². The molecule has 0 atom stereocenters. The number of phenols is 2. The van der Waals surface area contributed by atoms with Gasteiger partial charge < -0.3 is 56.4 Å². The zero-order valence-corrected chi connectivity index (χ0v) is 66.9. The van der Waals surface area contributed by atoms with E-state index < -0.39 is 0 Å². The van der Waals surface area contributed by atoms with Gasteiger partial charge in [0, 0.05) is 114 Å². The largest absolute Gasteiger partial charge is 0.656 e. The fourth-order valence-electron chi connectivity index (χ4n) is 12.4. The number of para-hydroxylation sites is 5. The molecule has 2 aromatic heterocycles. The van der Waals surface area contributed by atoms with Crippen LogP contribution in [0.4, 0.5) is 5.69 Å². The van der Waals surface area contributed by atoms with E-state index in [1.54, 1.807) is 0 Å². The number of nitrogens with zero attached hydrogens (tertiary/aromatic N) is 4. The second-order valence-corrected chi connectivity index (χ2v) is 24.7. The van der Waals surface area contributed by atoms with Crippen molar-refractivity contribution in [2.45, 2.75) is 106 Å². The number of benzene rings is 10. The van der Waals surface area contributed by atoms with Gasteiger partial charge in [-0.05, 0) is 143 Å². The maximum atomic E-state index is 12.5. The van der Waals surface area contributed by atoms with E-state index in [1.165, 1.54) is 35.4 Å². The van der Waals surface area contributed by atoms with Gasteiger partial charge >= 0.3 is 0 Å². The Morgan fingerprint density at radius 2 is 0.888 bits per heavy atom. The molecule has 0 saturated carbocycles. The van der Waals surface area contributed by atoms with Gasteiger partial charge in [0.1, 0.15) is 23.9 Å². The molecule has 10 heteroatoms. The number of rotatable bonds is 16. The predicted octanol–water partition coefficient (Wildman–Crippen LogP) is 24.3. The minimum atomic E-state index is 0. The number of hydrogen-bond acceptors (Lipinski definition) is 5. The summed E-state index contributed by atoms with van der Waals surface area (Å²) in [6.45, 7) is 29.0. The Balaban J connectivity index is 0.000000333. The van der Waals surface area contributed by atoms with E-state index in [-0.39, 0.29) is 92.1 Å². The molecule has 1 aliphatic rings. The van der Waals surface area contributed by atoms with Crippen LogP contribution in [-0.2, 0) is 56.4 Å². The molecule has 0 spiro atoms. The average Bonchev–Trinajstić information content (AvgIpc) is 1.51. The summed E-state index contributed by atoms with van der Waals surface area (Å²) < 4.78 is 16.7. The van der Waals surface area contributed by atoms with Crippen LogP contribution < -0.4 is 4.74 Å². The monoisotopic (exact) mass is 1630 g/mol. The van der Waals surface area contributed by atoms with E-state index in [0.29, 0.717) is 53.3 Å². The van der Waals surface area contributed by atoms with Crippen LogP contribution in [0.15, 0.2) is 229 Å². The number of aryl methyl sites for hydroxylation is 3. The number of unbranched alkanes of at least 4 members (excludes halogenated alkanes) is 1. The number of hydrogen-bond donors (Lipinski definition) is 2. The predicted molar refractivity (Wildman–Crippen MR) is 413 cm³/mol. The Morgan fingerprint density at radius 1 is 0.500 bits per heavy atom. The molecule has 508 valence electrons. The summed E-state index contributed by atoms with van der Waals surface area (Å²) >= 11 is 0.